The zero-order valence-corrected chi connectivity index (χ0v) is 17.3. The van der Waals surface area contributed by atoms with Gasteiger partial charge in [-0.2, -0.15) is 0 Å². The Hall–Kier alpha value is -2.11. The lowest BCUT2D eigenvalue weighted by molar-refractivity contribution is 0.00578. The number of hydrogen-bond acceptors (Lipinski definition) is 3. The molecule has 0 N–H and O–H groups in total. The molecule has 0 saturated carbocycles. The van der Waals surface area contributed by atoms with Crippen molar-refractivity contribution in [3.63, 3.8) is 0 Å². The first-order valence-corrected chi connectivity index (χ1v) is 9.69. The SMILES string of the molecule is Cc1ccccc1C(CCOc1ccccc1)=C(F)B1OC(C)(C)C(C)(C)O1. The third-order valence-corrected chi connectivity index (χ3v) is 5.58. The monoisotopic (exact) mass is 382 g/mol. The standard InChI is InChI=1S/C23H28BFO3/c1-17-11-9-10-14-19(17)20(15-16-26-18-12-7-6-8-13-18)21(25)24-27-22(2,3)23(4,5)28-24/h6-14H,15-16H2,1-5H3. The Morgan fingerprint density at radius 1 is 0.929 bits per heavy atom. The van der Waals surface area contributed by atoms with E-state index < -0.39 is 18.3 Å². The van der Waals surface area contributed by atoms with E-state index >= 15 is 4.39 Å². The van der Waals surface area contributed by atoms with Crippen LogP contribution in [-0.2, 0) is 9.31 Å². The maximum atomic E-state index is 15.6. The minimum Gasteiger partial charge on any atom is -0.493 e. The molecule has 1 fully saturated rings. The van der Waals surface area contributed by atoms with Gasteiger partial charge in [0.25, 0.3) is 0 Å². The largest absolute Gasteiger partial charge is 0.525 e. The Balaban J connectivity index is 1.88. The van der Waals surface area contributed by atoms with Gasteiger partial charge in [0, 0.05) is 6.42 Å². The highest BCUT2D eigenvalue weighted by Gasteiger charge is 2.53. The minimum atomic E-state index is -1.02. The Morgan fingerprint density at radius 2 is 1.50 bits per heavy atom. The Bertz CT molecular complexity index is 830. The number of rotatable bonds is 6. The van der Waals surface area contributed by atoms with Crippen LogP contribution in [-0.4, -0.2) is 24.9 Å². The summed E-state index contributed by atoms with van der Waals surface area (Å²) in [4.78, 5) is 0. The summed E-state index contributed by atoms with van der Waals surface area (Å²) in [5.41, 5.74) is 0.853. The first-order chi connectivity index (χ1) is 13.2. The number of ether oxygens (including phenoxy) is 1. The van der Waals surface area contributed by atoms with E-state index in [1.807, 2.05) is 89.2 Å². The van der Waals surface area contributed by atoms with Crippen LogP contribution in [0, 0.1) is 6.92 Å². The van der Waals surface area contributed by atoms with Crippen LogP contribution < -0.4 is 4.74 Å². The van der Waals surface area contributed by atoms with E-state index in [9.17, 15) is 0 Å². The molecule has 0 radical (unpaired) electrons. The molecule has 0 amide bonds. The molecule has 0 aromatic heterocycles. The van der Waals surface area contributed by atoms with E-state index in [0.717, 1.165) is 16.9 Å². The van der Waals surface area contributed by atoms with Crippen LogP contribution >= 0.6 is 0 Å². The number of hydrogen-bond donors (Lipinski definition) is 0. The number of aryl methyl sites for hydroxylation is 1. The average Bonchev–Trinajstić information content (AvgIpc) is 2.87. The van der Waals surface area contributed by atoms with Crippen LogP contribution in [0.4, 0.5) is 4.39 Å². The van der Waals surface area contributed by atoms with Gasteiger partial charge in [-0.1, -0.05) is 42.5 Å². The topological polar surface area (TPSA) is 27.7 Å². The fourth-order valence-corrected chi connectivity index (χ4v) is 3.17. The van der Waals surface area contributed by atoms with Crippen LogP contribution in [0.15, 0.2) is 60.3 Å². The average molecular weight is 382 g/mol. The van der Waals surface area contributed by atoms with Crippen LogP contribution in [0.1, 0.15) is 45.2 Å². The zero-order chi connectivity index (χ0) is 20.4. The van der Waals surface area contributed by atoms with Crippen molar-refractivity contribution < 1.29 is 18.4 Å². The molecule has 5 heteroatoms. The Kier molecular flexibility index (Phi) is 5.97. The minimum absolute atomic E-state index is 0.362. The maximum Gasteiger partial charge on any atom is 0.525 e. The van der Waals surface area contributed by atoms with E-state index in [0.29, 0.717) is 18.6 Å². The normalized spacial score (nSPS) is 18.7. The van der Waals surface area contributed by atoms with Crippen molar-refractivity contribution in [2.45, 2.75) is 52.2 Å². The second kappa shape index (κ2) is 8.10. The van der Waals surface area contributed by atoms with E-state index in [-0.39, 0.29) is 5.73 Å². The van der Waals surface area contributed by atoms with Gasteiger partial charge in [-0.25, -0.2) is 4.39 Å². The maximum absolute atomic E-state index is 15.6. The molecule has 28 heavy (non-hydrogen) atoms. The third kappa shape index (κ3) is 4.31. The fraction of sp³-hybridized carbons (Fsp3) is 0.391. The molecule has 1 saturated heterocycles. The first-order valence-electron chi connectivity index (χ1n) is 9.69. The number of benzene rings is 2. The van der Waals surface area contributed by atoms with Gasteiger partial charge in [-0.3, -0.25) is 0 Å². The van der Waals surface area contributed by atoms with E-state index in [1.165, 1.54) is 0 Å². The van der Waals surface area contributed by atoms with Crippen LogP contribution in [0.25, 0.3) is 5.57 Å². The third-order valence-electron chi connectivity index (χ3n) is 5.58. The van der Waals surface area contributed by atoms with Crippen molar-refractivity contribution in [3.05, 3.63) is 71.5 Å². The van der Waals surface area contributed by atoms with Gasteiger partial charge in [-0.15, -0.1) is 0 Å². The summed E-state index contributed by atoms with van der Waals surface area (Å²) in [5, 5.41) is 0. The smallest absolute Gasteiger partial charge is 0.493 e. The van der Waals surface area contributed by atoms with E-state index in [4.69, 9.17) is 14.0 Å². The van der Waals surface area contributed by atoms with Gasteiger partial charge in [0.05, 0.1) is 17.8 Å². The summed E-state index contributed by atoms with van der Waals surface area (Å²) in [6.45, 7) is 10.0. The Labute approximate surface area is 167 Å². The van der Waals surface area contributed by atoms with Crippen molar-refractivity contribution in [1.29, 1.82) is 0 Å². The van der Waals surface area contributed by atoms with Crippen LogP contribution in [0.2, 0.25) is 0 Å². The van der Waals surface area contributed by atoms with E-state index in [2.05, 4.69) is 0 Å². The lowest BCUT2D eigenvalue weighted by atomic mass is 9.81. The van der Waals surface area contributed by atoms with Crippen molar-refractivity contribution in [2.75, 3.05) is 6.61 Å². The summed E-state index contributed by atoms with van der Waals surface area (Å²) in [7, 11) is -1.02. The lowest BCUT2D eigenvalue weighted by Crippen LogP contribution is -2.41. The van der Waals surface area contributed by atoms with Crippen molar-refractivity contribution >= 4 is 12.7 Å². The van der Waals surface area contributed by atoms with Crippen LogP contribution in [0.5, 0.6) is 5.75 Å². The molecule has 1 aliphatic rings. The van der Waals surface area contributed by atoms with Gasteiger partial charge in [0.1, 0.15) is 11.5 Å². The van der Waals surface area contributed by atoms with E-state index in [1.54, 1.807) is 0 Å². The van der Waals surface area contributed by atoms with Gasteiger partial charge >= 0.3 is 7.12 Å². The number of para-hydroxylation sites is 1. The lowest BCUT2D eigenvalue weighted by Gasteiger charge is -2.32. The first kappa shape index (κ1) is 20.6. The summed E-state index contributed by atoms with van der Waals surface area (Å²) in [5.74, 6) is 0.766. The van der Waals surface area contributed by atoms with Crippen LogP contribution in [0.3, 0.4) is 0 Å². The van der Waals surface area contributed by atoms with Gasteiger partial charge in [-0.05, 0) is 63.5 Å². The predicted octanol–water partition coefficient (Wildman–Crippen LogP) is 5.78. The molecule has 1 aliphatic heterocycles. The highest BCUT2D eigenvalue weighted by Crippen LogP contribution is 2.41. The van der Waals surface area contributed by atoms with Gasteiger partial charge < -0.3 is 14.0 Å². The summed E-state index contributed by atoms with van der Waals surface area (Å²) < 4.78 is 33.3. The van der Waals surface area contributed by atoms with Gasteiger partial charge in [0.2, 0.25) is 0 Å². The second-order valence-electron chi connectivity index (χ2n) is 8.14. The molecule has 0 spiro atoms. The predicted molar refractivity (Wildman–Crippen MR) is 112 cm³/mol. The zero-order valence-electron chi connectivity index (χ0n) is 17.3. The molecule has 3 nitrogen and oxygen atoms in total. The Morgan fingerprint density at radius 3 is 2.11 bits per heavy atom. The highest BCUT2D eigenvalue weighted by molar-refractivity contribution is 6.55. The molecule has 2 aromatic rings. The molecular formula is C23H28BFO3. The molecule has 148 valence electrons. The summed E-state index contributed by atoms with van der Waals surface area (Å²) >= 11 is 0. The highest BCUT2D eigenvalue weighted by atomic mass is 19.1. The molecule has 1 heterocycles. The second-order valence-corrected chi connectivity index (χ2v) is 8.14. The summed E-state index contributed by atoms with van der Waals surface area (Å²) in [6.07, 6.45) is 0.412. The van der Waals surface area contributed by atoms with Crippen molar-refractivity contribution in [3.8, 4) is 5.75 Å². The molecule has 0 aliphatic carbocycles. The molecule has 2 aromatic carbocycles. The number of halogens is 1. The molecular weight excluding hydrogens is 354 g/mol. The quantitative estimate of drug-likeness (QED) is 0.593. The fourth-order valence-electron chi connectivity index (χ4n) is 3.17. The molecule has 0 atom stereocenters. The van der Waals surface area contributed by atoms with Crippen molar-refractivity contribution in [1.82, 2.24) is 0 Å². The molecule has 3 rings (SSSR count). The van der Waals surface area contributed by atoms with Crippen molar-refractivity contribution in [2.24, 2.45) is 0 Å². The van der Waals surface area contributed by atoms with Gasteiger partial charge in [0.15, 0.2) is 0 Å². The molecule has 0 bridgehead atoms. The molecule has 0 unspecified atom stereocenters. The summed E-state index contributed by atoms with van der Waals surface area (Å²) in [6, 6.07) is 17.3.